The maximum absolute atomic E-state index is 11.5. The van der Waals surface area contributed by atoms with Crippen molar-refractivity contribution in [2.75, 3.05) is 19.7 Å². The van der Waals surface area contributed by atoms with Crippen molar-refractivity contribution in [2.24, 2.45) is 5.92 Å². The van der Waals surface area contributed by atoms with Crippen LogP contribution in [0, 0.1) is 5.92 Å². The highest BCUT2D eigenvalue weighted by Crippen LogP contribution is 2.05. The summed E-state index contributed by atoms with van der Waals surface area (Å²) in [6.07, 6.45) is 3.97. The first-order valence-electron chi connectivity index (χ1n) is 5.86. The zero-order valence-corrected chi connectivity index (χ0v) is 10.7. The summed E-state index contributed by atoms with van der Waals surface area (Å²) in [6.45, 7) is 3.93. The molecule has 1 heterocycles. The molecule has 1 fully saturated rings. The number of halogens is 1. The Morgan fingerprint density at radius 2 is 2.38 bits per heavy atom. The number of hydrogen-bond acceptors (Lipinski definition) is 3. The number of nitrogens with one attached hydrogen (secondary N) is 2. The first kappa shape index (κ1) is 15.7. The maximum atomic E-state index is 11.5. The first-order chi connectivity index (χ1) is 7.24. The minimum absolute atomic E-state index is 0. The quantitative estimate of drug-likeness (QED) is 0.608. The molecule has 1 aliphatic heterocycles. The van der Waals surface area contributed by atoms with Gasteiger partial charge in [0.15, 0.2) is 0 Å². The number of carbonyl (C=O) groups excluding carboxylic acids is 1. The normalized spacial score (nSPS) is 21.2. The SMILES string of the molecule is CC(CO)CCCNC(=O)C1CCCN1.Cl. The highest BCUT2D eigenvalue weighted by atomic mass is 35.5. The van der Waals surface area contributed by atoms with Crippen LogP contribution in [0.3, 0.4) is 0 Å². The van der Waals surface area contributed by atoms with Gasteiger partial charge in [-0.25, -0.2) is 0 Å². The van der Waals surface area contributed by atoms with Crippen LogP contribution >= 0.6 is 12.4 Å². The summed E-state index contributed by atoms with van der Waals surface area (Å²) in [6, 6.07) is 0.0280. The van der Waals surface area contributed by atoms with Crippen LogP contribution in [-0.4, -0.2) is 36.8 Å². The molecular formula is C11H23ClN2O2. The van der Waals surface area contributed by atoms with E-state index in [1.807, 2.05) is 6.92 Å². The van der Waals surface area contributed by atoms with E-state index in [2.05, 4.69) is 10.6 Å². The summed E-state index contributed by atoms with van der Waals surface area (Å²) in [4.78, 5) is 11.5. The van der Waals surface area contributed by atoms with Gasteiger partial charge in [0.1, 0.15) is 0 Å². The number of carbonyl (C=O) groups is 1. The molecule has 16 heavy (non-hydrogen) atoms. The van der Waals surface area contributed by atoms with Crippen molar-refractivity contribution in [2.45, 2.75) is 38.6 Å². The van der Waals surface area contributed by atoms with Gasteiger partial charge in [0, 0.05) is 13.2 Å². The lowest BCUT2D eigenvalue weighted by atomic mass is 10.1. The Hall–Kier alpha value is -0.320. The van der Waals surface area contributed by atoms with Crippen molar-refractivity contribution in [3.05, 3.63) is 0 Å². The topological polar surface area (TPSA) is 61.4 Å². The number of rotatable bonds is 6. The van der Waals surface area contributed by atoms with Crippen LogP contribution in [-0.2, 0) is 4.79 Å². The van der Waals surface area contributed by atoms with E-state index in [4.69, 9.17) is 5.11 Å². The number of hydrogen-bond donors (Lipinski definition) is 3. The molecule has 0 spiro atoms. The van der Waals surface area contributed by atoms with Crippen LogP contribution in [0.4, 0.5) is 0 Å². The Bertz CT molecular complexity index is 196. The second kappa shape index (κ2) is 8.79. The van der Waals surface area contributed by atoms with Crippen molar-refractivity contribution in [3.8, 4) is 0 Å². The largest absolute Gasteiger partial charge is 0.396 e. The van der Waals surface area contributed by atoms with E-state index in [1.165, 1.54) is 0 Å². The molecule has 1 aliphatic rings. The Kier molecular flexibility index (Phi) is 8.61. The molecule has 4 nitrogen and oxygen atoms in total. The van der Waals surface area contributed by atoms with Gasteiger partial charge in [0.05, 0.1) is 6.04 Å². The van der Waals surface area contributed by atoms with Crippen LogP contribution in [0.1, 0.15) is 32.6 Å². The first-order valence-corrected chi connectivity index (χ1v) is 5.86. The van der Waals surface area contributed by atoms with Gasteiger partial charge in [-0.15, -0.1) is 12.4 Å². The van der Waals surface area contributed by atoms with Gasteiger partial charge in [0.2, 0.25) is 5.91 Å². The number of amides is 1. The van der Waals surface area contributed by atoms with E-state index in [0.29, 0.717) is 5.92 Å². The third-order valence-corrected chi connectivity index (χ3v) is 2.86. The fourth-order valence-corrected chi connectivity index (χ4v) is 1.78. The van der Waals surface area contributed by atoms with Crippen LogP contribution in [0.2, 0.25) is 0 Å². The minimum Gasteiger partial charge on any atom is -0.396 e. The Morgan fingerprint density at radius 1 is 1.62 bits per heavy atom. The van der Waals surface area contributed by atoms with Crippen LogP contribution in [0.25, 0.3) is 0 Å². The minimum atomic E-state index is 0. The van der Waals surface area contributed by atoms with Gasteiger partial charge in [-0.1, -0.05) is 6.92 Å². The molecule has 0 aromatic carbocycles. The molecule has 0 aromatic rings. The fraction of sp³-hybridized carbons (Fsp3) is 0.909. The lowest BCUT2D eigenvalue weighted by Crippen LogP contribution is -2.40. The predicted molar refractivity (Wildman–Crippen MR) is 66.8 cm³/mol. The smallest absolute Gasteiger partial charge is 0.237 e. The molecule has 0 saturated carbocycles. The summed E-state index contributed by atoms with van der Waals surface area (Å²) < 4.78 is 0. The lowest BCUT2D eigenvalue weighted by Gasteiger charge is -2.12. The maximum Gasteiger partial charge on any atom is 0.237 e. The molecule has 1 rings (SSSR count). The molecule has 0 radical (unpaired) electrons. The fourth-order valence-electron chi connectivity index (χ4n) is 1.78. The summed E-state index contributed by atoms with van der Waals surface area (Å²) >= 11 is 0. The van der Waals surface area contributed by atoms with E-state index in [9.17, 15) is 4.79 Å². The number of aliphatic hydroxyl groups is 1. The second-order valence-corrected chi connectivity index (χ2v) is 4.37. The Morgan fingerprint density at radius 3 is 2.94 bits per heavy atom. The second-order valence-electron chi connectivity index (χ2n) is 4.37. The summed E-state index contributed by atoms with van der Waals surface area (Å²) in [5, 5.41) is 14.9. The molecule has 1 saturated heterocycles. The zero-order valence-electron chi connectivity index (χ0n) is 9.87. The standard InChI is InChI=1S/C11H22N2O2.ClH/c1-9(8-14)4-2-7-13-11(15)10-5-3-6-12-10;/h9-10,12,14H,2-8H2,1H3,(H,13,15);1H. The third kappa shape index (κ3) is 5.68. The molecule has 2 atom stereocenters. The van der Waals surface area contributed by atoms with Crippen molar-refractivity contribution < 1.29 is 9.90 Å². The zero-order chi connectivity index (χ0) is 11.1. The summed E-state index contributed by atoms with van der Waals surface area (Å²) in [7, 11) is 0. The van der Waals surface area contributed by atoms with Crippen molar-refractivity contribution in [1.82, 2.24) is 10.6 Å². The molecule has 2 unspecified atom stereocenters. The van der Waals surface area contributed by atoms with E-state index >= 15 is 0 Å². The Labute approximate surface area is 104 Å². The molecule has 5 heteroatoms. The molecule has 0 aromatic heterocycles. The third-order valence-electron chi connectivity index (χ3n) is 2.86. The van der Waals surface area contributed by atoms with Gasteiger partial charge in [0.25, 0.3) is 0 Å². The van der Waals surface area contributed by atoms with Gasteiger partial charge >= 0.3 is 0 Å². The van der Waals surface area contributed by atoms with Crippen LogP contribution in [0.15, 0.2) is 0 Å². The van der Waals surface area contributed by atoms with Crippen molar-refractivity contribution in [3.63, 3.8) is 0 Å². The average Bonchev–Trinajstić information content (AvgIpc) is 2.77. The molecule has 1 amide bonds. The predicted octanol–water partition coefficient (Wildman–Crippen LogP) is 0.685. The number of aliphatic hydroxyl groups excluding tert-OH is 1. The van der Waals surface area contributed by atoms with Gasteiger partial charge in [-0.05, 0) is 38.1 Å². The van der Waals surface area contributed by atoms with Crippen LogP contribution < -0.4 is 10.6 Å². The highest BCUT2D eigenvalue weighted by Gasteiger charge is 2.20. The van der Waals surface area contributed by atoms with E-state index in [0.717, 1.165) is 38.8 Å². The lowest BCUT2D eigenvalue weighted by molar-refractivity contribution is -0.122. The van der Waals surface area contributed by atoms with Crippen molar-refractivity contribution >= 4 is 18.3 Å². The monoisotopic (exact) mass is 250 g/mol. The summed E-state index contributed by atoms with van der Waals surface area (Å²) in [5.41, 5.74) is 0. The molecule has 0 bridgehead atoms. The average molecular weight is 251 g/mol. The molecule has 96 valence electrons. The van der Waals surface area contributed by atoms with Gasteiger partial charge < -0.3 is 15.7 Å². The van der Waals surface area contributed by atoms with Gasteiger partial charge in [-0.3, -0.25) is 4.79 Å². The molecular weight excluding hydrogens is 228 g/mol. The van der Waals surface area contributed by atoms with E-state index < -0.39 is 0 Å². The van der Waals surface area contributed by atoms with E-state index in [1.54, 1.807) is 0 Å². The summed E-state index contributed by atoms with van der Waals surface area (Å²) in [5.74, 6) is 0.468. The van der Waals surface area contributed by atoms with Crippen molar-refractivity contribution in [1.29, 1.82) is 0 Å². The Balaban J connectivity index is 0.00000225. The molecule has 3 N–H and O–H groups in total. The van der Waals surface area contributed by atoms with E-state index in [-0.39, 0.29) is 31.0 Å². The molecule has 0 aliphatic carbocycles. The van der Waals surface area contributed by atoms with Gasteiger partial charge in [-0.2, -0.15) is 0 Å². The highest BCUT2D eigenvalue weighted by molar-refractivity contribution is 5.85. The van der Waals surface area contributed by atoms with Crippen LogP contribution in [0.5, 0.6) is 0 Å².